The summed E-state index contributed by atoms with van der Waals surface area (Å²) in [6.45, 7) is 2.68. The van der Waals surface area contributed by atoms with E-state index in [0.29, 0.717) is 13.0 Å². The first kappa shape index (κ1) is 21.5. The molecule has 1 N–H and O–H groups in total. The van der Waals surface area contributed by atoms with Crippen molar-refractivity contribution in [3.05, 3.63) is 82.8 Å². The molecule has 2 aliphatic rings. The molecule has 2 heterocycles. The van der Waals surface area contributed by atoms with Crippen molar-refractivity contribution >= 4 is 23.8 Å². The molecule has 0 unspecified atom stereocenters. The maximum Gasteiger partial charge on any atom is 0.321 e. The quantitative estimate of drug-likeness (QED) is 0.450. The number of rotatable bonds is 8. The highest BCUT2D eigenvalue weighted by Crippen LogP contribution is 2.46. The summed E-state index contributed by atoms with van der Waals surface area (Å²) in [6, 6.07) is 20.5. The summed E-state index contributed by atoms with van der Waals surface area (Å²) in [5.41, 5.74) is 2.26. The van der Waals surface area contributed by atoms with Crippen molar-refractivity contribution in [2.24, 2.45) is 0 Å². The average molecular weight is 437 g/mol. The van der Waals surface area contributed by atoms with Gasteiger partial charge >= 0.3 is 12.0 Å². The minimum atomic E-state index is -0.764. The second kappa shape index (κ2) is 9.60. The number of unbranched alkanes of at least 4 members (excludes halogenated alkanes) is 1. The van der Waals surface area contributed by atoms with E-state index in [4.69, 9.17) is 5.11 Å². The lowest BCUT2D eigenvalue weighted by molar-refractivity contribution is -0.137. The van der Waals surface area contributed by atoms with Crippen molar-refractivity contribution in [3.63, 3.8) is 0 Å². The monoisotopic (exact) mass is 436 g/mol. The number of hydrogen-bond donors (Lipinski definition) is 1. The van der Waals surface area contributed by atoms with Gasteiger partial charge in [-0.25, -0.2) is 4.79 Å². The highest BCUT2D eigenvalue weighted by atomic mass is 32.2. The van der Waals surface area contributed by atoms with Crippen LogP contribution in [0.25, 0.3) is 0 Å². The van der Waals surface area contributed by atoms with E-state index < -0.39 is 5.97 Å². The molecule has 162 valence electrons. The van der Waals surface area contributed by atoms with Gasteiger partial charge in [0.25, 0.3) is 0 Å². The van der Waals surface area contributed by atoms with E-state index in [-0.39, 0.29) is 30.6 Å². The molecular weight excluding hydrogens is 408 g/mol. The first-order chi connectivity index (χ1) is 15.1. The van der Waals surface area contributed by atoms with Gasteiger partial charge in [-0.05, 0) is 30.9 Å². The Labute approximate surface area is 187 Å². The molecule has 2 aromatic carbocycles. The van der Waals surface area contributed by atoms with Crippen molar-refractivity contribution in [2.75, 3.05) is 5.75 Å². The van der Waals surface area contributed by atoms with Gasteiger partial charge in [-0.15, -0.1) is 11.8 Å². The Hall–Kier alpha value is -2.73. The third kappa shape index (κ3) is 4.64. The van der Waals surface area contributed by atoms with Gasteiger partial charge in [-0.3, -0.25) is 4.79 Å². The van der Waals surface area contributed by atoms with Crippen LogP contribution < -0.4 is 0 Å². The van der Waals surface area contributed by atoms with Gasteiger partial charge in [-0.2, -0.15) is 0 Å². The summed E-state index contributed by atoms with van der Waals surface area (Å²) >= 11 is 1.80. The number of carboxylic acids is 1. The number of carboxylic acid groups (broad SMARTS) is 1. The lowest BCUT2D eigenvalue weighted by atomic mass is 10.0. The number of benzene rings is 2. The zero-order valence-electron chi connectivity index (χ0n) is 17.7. The molecule has 0 aliphatic carbocycles. The summed E-state index contributed by atoms with van der Waals surface area (Å²) < 4.78 is 0. The molecule has 0 radical (unpaired) electrons. The van der Waals surface area contributed by atoms with Crippen molar-refractivity contribution in [1.29, 1.82) is 0 Å². The molecule has 2 aromatic rings. The summed E-state index contributed by atoms with van der Waals surface area (Å²) in [4.78, 5) is 29.7. The minimum absolute atomic E-state index is 0.00562. The molecule has 0 spiro atoms. The van der Waals surface area contributed by atoms with Gasteiger partial charge in [0.05, 0.1) is 18.1 Å². The van der Waals surface area contributed by atoms with Crippen molar-refractivity contribution < 1.29 is 14.7 Å². The van der Waals surface area contributed by atoms with Crippen LogP contribution in [0, 0.1) is 0 Å². The normalized spacial score (nSPS) is 22.7. The van der Waals surface area contributed by atoms with Crippen molar-refractivity contribution in [2.45, 2.75) is 50.9 Å². The molecular formula is C25H28N2O3S. The first-order valence-electron chi connectivity index (χ1n) is 10.8. The van der Waals surface area contributed by atoms with Crippen molar-refractivity contribution in [1.82, 2.24) is 9.80 Å². The molecule has 4 rings (SSSR count). The number of carbonyl (C=O) groups excluding carboxylic acids is 1. The van der Waals surface area contributed by atoms with Gasteiger partial charge in [0.15, 0.2) is 0 Å². The number of carbonyl (C=O) groups is 2. The number of amides is 2. The topological polar surface area (TPSA) is 60.9 Å². The molecule has 0 saturated carbocycles. The number of nitrogens with zero attached hydrogens (tertiary/aromatic N) is 2. The first-order valence-corrected chi connectivity index (χ1v) is 11.8. The van der Waals surface area contributed by atoms with E-state index in [1.54, 1.807) is 11.8 Å². The van der Waals surface area contributed by atoms with E-state index in [0.717, 1.165) is 23.3 Å². The minimum Gasteiger partial charge on any atom is -0.481 e. The molecule has 2 amide bonds. The zero-order chi connectivity index (χ0) is 21.8. The zero-order valence-corrected chi connectivity index (χ0v) is 18.5. The van der Waals surface area contributed by atoms with Crippen LogP contribution in [0.3, 0.4) is 0 Å². The van der Waals surface area contributed by atoms with Crippen LogP contribution in [0.5, 0.6) is 0 Å². The van der Waals surface area contributed by atoms with Gasteiger partial charge in [0, 0.05) is 23.6 Å². The number of fused-ring (bicyclic) bond motifs is 1. The molecule has 2 fully saturated rings. The van der Waals surface area contributed by atoms with Crippen LogP contribution in [0.4, 0.5) is 4.79 Å². The lowest BCUT2D eigenvalue weighted by Crippen LogP contribution is -2.38. The predicted molar refractivity (Wildman–Crippen MR) is 124 cm³/mol. The summed E-state index contributed by atoms with van der Waals surface area (Å²) in [7, 11) is 0. The molecule has 2 aliphatic heterocycles. The molecule has 6 heteroatoms. The Bertz CT molecular complexity index is 948. The maximum absolute atomic E-state index is 13.6. The van der Waals surface area contributed by atoms with Crippen LogP contribution >= 0.6 is 11.8 Å². The molecule has 5 nitrogen and oxygen atoms in total. The van der Waals surface area contributed by atoms with Gasteiger partial charge < -0.3 is 14.9 Å². The average Bonchev–Trinajstić information content (AvgIpc) is 3.30. The highest BCUT2D eigenvalue weighted by Gasteiger charge is 2.52. The standard InChI is InChI=1S/C25H28N2O3S/c1-18(20-12-6-3-7-13-20)27-21-17-31-22(14-8-9-15-23(28)29)24(21)26(25(27)30)16-19-10-4-2-5-11-19/h2-7,10-14,18,21,24H,8-9,15-17H2,1H3,(H,28,29)/t18-,21+,24+/m1/s1. The van der Waals surface area contributed by atoms with Gasteiger partial charge in [0.2, 0.25) is 0 Å². The fraction of sp³-hybridized carbons (Fsp3) is 0.360. The third-order valence-corrected chi connectivity index (χ3v) is 7.32. The predicted octanol–water partition coefficient (Wildman–Crippen LogP) is 5.31. The van der Waals surface area contributed by atoms with Crippen LogP contribution in [0.15, 0.2) is 71.6 Å². The maximum atomic E-state index is 13.6. The number of thioether (sulfide) groups is 1. The van der Waals surface area contributed by atoms with Gasteiger partial charge in [0.1, 0.15) is 0 Å². The second-order valence-electron chi connectivity index (χ2n) is 8.11. The van der Waals surface area contributed by atoms with E-state index in [2.05, 4.69) is 37.3 Å². The Kier molecular flexibility index (Phi) is 6.66. The van der Waals surface area contributed by atoms with Crippen LogP contribution in [-0.4, -0.2) is 44.7 Å². The summed E-state index contributed by atoms with van der Waals surface area (Å²) in [5, 5.41) is 8.92. The van der Waals surface area contributed by atoms with E-state index in [1.165, 1.54) is 4.91 Å². The number of allylic oxidation sites excluding steroid dienone is 1. The SMILES string of the molecule is C[C@H](c1ccccc1)N1C(=O)N(Cc2ccccc2)[C@@H]2C(=CCCCC(=O)O)SC[C@@H]21. The molecule has 0 aromatic heterocycles. The smallest absolute Gasteiger partial charge is 0.321 e. The number of urea groups is 1. The van der Waals surface area contributed by atoms with E-state index >= 15 is 0 Å². The Morgan fingerprint density at radius 1 is 1.16 bits per heavy atom. The van der Waals surface area contributed by atoms with Crippen LogP contribution in [0.2, 0.25) is 0 Å². The highest BCUT2D eigenvalue weighted by molar-refractivity contribution is 8.03. The van der Waals surface area contributed by atoms with Gasteiger partial charge in [-0.1, -0.05) is 66.7 Å². The second-order valence-corrected chi connectivity index (χ2v) is 9.20. The van der Waals surface area contributed by atoms with E-state index in [1.807, 2.05) is 46.2 Å². The van der Waals surface area contributed by atoms with E-state index in [9.17, 15) is 9.59 Å². The Morgan fingerprint density at radius 3 is 2.52 bits per heavy atom. The third-order valence-electron chi connectivity index (χ3n) is 6.07. The fourth-order valence-electron chi connectivity index (χ4n) is 4.52. The largest absolute Gasteiger partial charge is 0.481 e. The van der Waals surface area contributed by atoms with Crippen molar-refractivity contribution in [3.8, 4) is 0 Å². The molecule has 3 atom stereocenters. The van der Waals surface area contributed by atoms with Crippen LogP contribution in [-0.2, 0) is 11.3 Å². The summed E-state index contributed by atoms with van der Waals surface area (Å²) in [6.07, 6.45) is 3.67. The molecule has 0 bridgehead atoms. The molecule has 31 heavy (non-hydrogen) atoms. The van der Waals surface area contributed by atoms with Crippen LogP contribution in [0.1, 0.15) is 43.4 Å². The lowest BCUT2D eigenvalue weighted by Gasteiger charge is -2.29. The Morgan fingerprint density at radius 2 is 1.84 bits per heavy atom. The Balaban J connectivity index is 1.61. The number of hydrogen-bond acceptors (Lipinski definition) is 3. The summed E-state index contributed by atoms with van der Waals surface area (Å²) in [5.74, 6) is 0.101. The molecule has 2 saturated heterocycles. The fourth-order valence-corrected chi connectivity index (χ4v) is 5.92. The number of aliphatic carboxylic acids is 1.